The molecule has 3 heterocycles. The van der Waals surface area contributed by atoms with Crippen LogP contribution in [0.4, 0.5) is 0 Å². The maximum atomic E-state index is 12.0. The number of nitrogens with zero attached hydrogens (tertiary/aromatic N) is 4. The van der Waals surface area contributed by atoms with Gasteiger partial charge in [0.15, 0.2) is 5.82 Å². The molecule has 1 saturated heterocycles. The molecule has 130 valence electrons. The quantitative estimate of drug-likeness (QED) is 0.842. The molecule has 1 aliphatic rings. The first kappa shape index (κ1) is 16.7. The monoisotopic (exact) mass is 333 g/mol. The van der Waals surface area contributed by atoms with Gasteiger partial charge in [-0.05, 0) is 26.0 Å². The minimum atomic E-state index is 0.0143. The number of carbonyl (C=O) groups excluding carboxylic acids is 1. The van der Waals surface area contributed by atoms with E-state index < -0.39 is 0 Å². The van der Waals surface area contributed by atoms with E-state index >= 15 is 0 Å². The van der Waals surface area contributed by atoms with Gasteiger partial charge < -0.3 is 14.3 Å². The van der Waals surface area contributed by atoms with Crippen molar-refractivity contribution >= 4 is 5.91 Å². The molecule has 0 radical (unpaired) electrons. The summed E-state index contributed by atoms with van der Waals surface area (Å²) >= 11 is 0. The van der Waals surface area contributed by atoms with Crippen molar-refractivity contribution in [3.63, 3.8) is 0 Å². The van der Waals surface area contributed by atoms with Gasteiger partial charge in [-0.3, -0.25) is 14.6 Å². The summed E-state index contributed by atoms with van der Waals surface area (Å²) in [6.45, 7) is 8.14. The van der Waals surface area contributed by atoms with E-state index in [9.17, 15) is 4.79 Å². The summed E-state index contributed by atoms with van der Waals surface area (Å²) in [6, 6.07) is 3.76. The highest BCUT2D eigenvalue weighted by Crippen LogP contribution is 2.19. The van der Waals surface area contributed by atoms with E-state index in [-0.39, 0.29) is 11.9 Å². The fourth-order valence-corrected chi connectivity index (χ4v) is 2.81. The van der Waals surface area contributed by atoms with Crippen molar-refractivity contribution in [2.45, 2.75) is 26.4 Å². The normalized spacial score (nSPS) is 17.8. The fourth-order valence-electron chi connectivity index (χ4n) is 2.81. The Bertz CT molecular complexity index is 646. The largest absolute Gasteiger partial charge is 0.467 e. The van der Waals surface area contributed by atoms with E-state index in [0.717, 1.165) is 31.9 Å². The van der Waals surface area contributed by atoms with Gasteiger partial charge >= 0.3 is 0 Å². The topological polar surface area (TPSA) is 87.6 Å². The molecule has 1 amide bonds. The average molecular weight is 333 g/mol. The highest BCUT2D eigenvalue weighted by atomic mass is 16.5. The van der Waals surface area contributed by atoms with Gasteiger partial charge in [0.05, 0.1) is 25.4 Å². The highest BCUT2D eigenvalue weighted by Gasteiger charge is 2.26. The molecular weight excluding hydrogens is 310 g/mol. The fraction of sp³-hybridized carbons (Fsp3) is 0.562. The summed E-state index contributed by atoms with van der Waals surface area (Å²) in [5.74, 6) is 2.08. The summed E-state index contributed by atoms with van der Waals surface area (Å²) in [6.07, 6.45) is 1.60. The Morgan fingerprint density at radius 1 is 1.38 bits per heavy atom. The van der Waals surface area contributed by atoms with E-state index in [4.69, 9.17) is 8.94 Å². The van der Waals surface area contributed by atoms with Crippen molar-refractivity contribution in [3.8, 4) is 0 Å². The molecule has 1 N–H and O–H groups in total. The molecule has 8 heteroatoms. The third-order valence-corrected chi connectivity index (χ3v) is 4.26. The van der Waals surface area contributed by atoms with Gasteiger partial charge in [0.2, 0.25) is 11.8 Å². The minimum Gasteiger partial charge on any atom is -0.467 e. The van der Waals surface area contributed by atoms with Crippen LogP contribution in [0.25, 0.3) is 0 Å². The van der Waals surface area contributed by atoms with Crippen molar-refractivity contribution < 1.29 is 13.7 Å². The molecule has 3 rings (SSSR count). The van der Waals surface area contributed by atoms with E-state index in [1.165, 1.54) is 0 Å². The first-order valence-electron chi connectivity index (χ1n) is 8.17. The molecule has 0 unspecified atom stereocenters. The zero-order valence-corrected chi connectivity index (χ0v) is 14.1. The average Bonchev–Trinajstić information content (AvgIpc) is 3.24. The number of hydrogen-bond acceptors (Lipinski definition) is 7. The maximum absolute atomic E-state index is 12.0. The van der Waals surface area contributed by atoms with Gasteiger partial charge in [-0.1, -0.05) is 5.16 Å². The molecule has 8 nitrogen and oxygen atoms in total. The number of furan rings is 1. The SMILES string of the molecule is Cc1noc([C@H](C)N2CCN(CC(=O)NCc3ccco3)CC2)n1. The highest BCUT2D eigenvalue weighted by molar-refractivity contribution is 5.77. The van der Waals surface area contributed by atoms with Crippen LogP contribution in [0.15, 0.2) is 27.3 Å². The summed E-state index contributed by atoms with van der Waals surface area (Å²) in [5.41, 5.74) is 0. The van der Waals surface area contributed by atoms with Crippen LogP contribution in [0, 0.1) is 6.92 Å². The van der Waals surface area contributed by atoms with Crippen LogP contribution >= 0.6 is 0 Å². The third-order valence-electron chi connectivity index (χ3n) is 4.26. The molecule has 1 atom stereocenters. The van der Waals surface area contributed by atoms with Gasteiger partial charge in [0.25, 0.3) is 0 Å². The van der Waals surface area contributed by atoms with Gasteiger partial charge in [-0.15, -0.1) is 0 Å². The predicted molar refractivity (Wildman–Crippen MR) is 86.0 cm³/mol. The van der Waals surface area contributed by atoms with Gasteiger partial charge in [-0.2, -0.15) is 4.98 Å². The number of hydrogen-bond donors (Lipinski definition) is 1. The summed E-state index contributed by atoms with van der Waals surface area (Å²) in [5, 5.41) is 6.72. The second kappa shape index (κ2) is 7.59. The molecule has 0 aromatic carbocycles. The molecule has 1 fully saturated rings. The van der Waals surface area contributed by atoms with Gasteiger partial charge in [-0.25, -0.2) is 0 Å². The Kier molecular flexibility index (Phi) is 5.27. The second-order valence-corrected chi connectivity index (χ2v) is 6.02. The zero-order valence-electron chi connectivity index (χ0n) is 14.1. The Labute approximate surface area is 140 Å². The van der Waals surface area contributed by atoms with Crippen LogP contribution in [0.2, 0.25) is 0 Å². The van der Waals surface area contributed by atoms with Crippen LogP contribution in [-0.2, 0) is 11.3 Å². The Morgan fingerprint density at radius 3 is 2.79 bits per heavy atom. The summed E-state index contributed by atoms with van der Waals surface area (Å²) in [7, 11) is 0. The van der Waals surface area contributed by atoms with Crippen molar-refractivity contribution in [1.29, 1.82) is 0 Å². The smallest absolute Gasteiger partial charge is 0.243 e. The number of rotatable bonds is 6. The second-order valence-electron chi connectivity index (χ2n) is 6.02. The maximum Gasteiger partial charge on any atom is 0.243 e. The third kappa shape index (κ3) is 4.21. The first-order valence-corrected chi connectivity index (χ1v) is 8.17. The molecule has 2 aromatic heterocycles. The molecule has 0 aliphatic carbocycles. The first-order chi connectivity index (χ1) is 11.6. The molecule has 1 aliphatic heterocycles. The van der Waals surface area contributed by atoms with Crippen molar-refractivity contribution in [3.05, 3.63) is 35.9 Å². The van der Waals surface area contributed by atoms with Crippen LogP contribution in [0.5, 0.6) is 0 Å². The zero-order chi connectivity index (χ0) is 16.9. The lowest BCUT2D eigenvalue weighted by Crippen LogP contribution is -2.49. The lowest BCUT2D eigenvalue weighted by molar-refractivity contribution is -0.123. The standard InChI is InChI=1S/C16H23N5O3/c1-12(16-18-13(2)19-24-16)21-7-5-20(6-8-21)11-15(22)17-10-14-4-3-9-23-14/h3-4,9,12H,5-8,10-11H2,1-2H3,(H,17,22)/t12-/m0/s1. The Hall–Kier alpha value is -2.19. The number of aryl methyl sites for hydroxylation is 1. The van der Waals surface area contributed by atoms with Crippen molar-refractivity contribution in [1.82, 2.24) is 25.3 Å². The molecule has 0 saturated carbocycles. The van der Waals surface area contributed by atoms with Gasteiger partial charge in [0, 0.05) is 26.2 Å². The van der Waals surface area contributed by atoms with Crippen LogP contribution in [-0.4, -0.2) is 58.6 Å². The van der Waals surface area contributed by atoms with Crippen molar-refractivity contribution in [2.24, 2.45) is 0 Å². The molecule has 0 spiro atoms. The lowest BCUT2D eigenvalue weighted by atomic mass is 10.2. The van der Waals surface area contributed by atoms with E-state index in [1.807, 2.05) is 19.1 Å². The Morgan fingerprint density at radius 2 is 2.17 bits per heavy atom. The molecule has 0 bridgehead atoms. The number of piperazine rings is 1. The van der Waals surface area contributed by atoms with Crippen molar-refractivity contribution in [2.75, 3.05) is 32.7 Å². The molecule has 24 heavy (non-hydrogen) atoms. The molecular formula is C16H23N5O3. The van der Waals surface area contributed by atoms with Crippen LogP contribution in [0.3, 0.4) is 0 Å². The summed E-state index contributed by atoms with van der Waals surface area (Å²) < 4.78 is 10.5. The van der Waals surface area contributed by atoms with E-state index in [1.54, 1.807) is 6.26 Å². The number of carbonyl (C=O) groups is 1. The number of aromatic nitrogens is 2. The van der Waals surface area contributed by atoms with Crippen LogP contribution < -0.4 is 5.32 Å². The van der Waals surface area contributed by atoms with Crippen LogP contribution in [0.1, 0.15) is 30.4 Å². The molecule has 2 aromatic rings. The van der Waals surface area contributed by atoms with E-state index in [0.29, 0.717) is 24.8 Å². The number of nitrogens with one attached hydrogen (secondary N) is 1. The lowest BCUT2D eigenvalue weighted by Gasteiger charge is -2.36. The van der Waals surface area contributed by atoms with E-state index in [2.05, 4.69) is 32.2 Å². The summed E-state index contributed by atoms with van der Waals surface area (Å²) in [4.78, 5) is 20.7. The Balaban J connectivity index is 1.40. The minimum absolute atomic E-state index is 0.0143. The predicted octanol–water partition coefficient (Wildman–Crippen LogP) is 0.966. The number of amides is 1. The van der Waals surface area contributed by atoms with Gasteiger partial charge in [0.1, 0.15) is 5.76 Å².